The molecule has 28 heavy (non-hydrogen) atoms. The van der Waals surface area contributed by atoms with Crippen LogP contribution in [0.4, 0.5) is 0 Å². The Hall–Kier alpha value is -3.02. The maximum atomic E-state index is 10.5. The van der Waals surface area contributed by atoms with Gasteiger partial charge in [-0.3, -0.25) is 0 Å². The van der Waals surface area contributed by atoms with Crippen molar-refractivity contribution in [3.05, 3.63) is 40.5 Å². The summed E-state index contributed by atoms with van der Waals surface area (Å²) in [6, 6.07) is 5.46. The molecule has 0 saturated carbocycles. The molecule has 2 aromatic carbocycles. The van der Waals surface area contributed by atoms with Gasteiger partial charge in [0.25, 0.3) is 0 Å². The average molecular weight is 386 g/mol. The van der Waals surface area contributed by atoms with Gasteiger partial charge in [-0.15, -0.1) is 0 Å². The minimum Gasteiger partial charge on any atom is -0.502 e. The first-order chi connectivity index (χ1) is 13.4. The highest BCUT2D eigenvalue weighted by Gasteiger charge is 2.33. The maximum absolute atomic E-state index is 10.5. The van der Waals surface area contributed by atoms with Crippen molar-refractivity contribution in [3.63, 3.8) is 0 Å². The molecule has 0 spiro atoms. The van der Waals surface area contributed by atoms with E-state index in [9.17, 15) is 10.2 Å². The first-order valence-electron chi connectivity index (χ1n) is 8.98. The van der Waals surface area contributed by atoms with E-state index in [-0.39, 0.29) is 23.3 Å². The predicted molar refractivity (Wildman–Crippen MR) is 107 cm³/mol. The highest BCUT2D eigenvalue weighted by Crippen LogP contribution is 2.52. The number of phenolic OH excluding ortho intramolecular Hbond substituents is 2. The standard InChI is InChI=1S/C22H26O6/c1-11-7-15-14(10-18(27-5)21(24)22(15)28-6)19(12(11)2)13-8-16(25-3)20(23)17(9-13)26-4/h7-10,12,19,23-24H,1-6H3/t12-,19-/m1/s1. The summed E-state index contributed by atoms with van der Waals surface area (Å²) in [7, 11) is 6.05. The molecule has 0 aliphatic heterocycles. The summed E-state index contributed by atoms with van der Waals surface area (Å²) in [6.07, 6.45) is 2.03. The van der Waals surface area contributed by atoms with E-state index in [2.05, 4.69) is 13.8 Å². The van der Waals surface area contributed by atoms with Crippen LogP contribution in [0, 0.1) is 5.92 Å². The third-order valence-electron chi connectivity index (χ3n) is 5.50. The van der Waals surface area contributed by atoms with E-state index in [1.165, 1.54) is 28.4 Å². The molecular formula is C22H26O6. The Balaban J connectivity index is 2.31. The average Bonchev–Trinajstić information content (AvgIpc) is 2.69. The van der Waals surface area contributed by atoms with Gasteiger partial charge in [0, 0.05) is 11.5 Å². The first kappa shape index (κ1) is 19.7. The largest absolute Gasteiger partial charge is 0.502 e. The van der Waals surface area contributed by atoms with E-state index in [0.29, 0.717) is 23.0 Å². The van der Waals surface area contributed by atoms with Crippen LogP contribution in [0.25, 0.3) is 6.08 Å². The van der Waals surface area contributed by atoms with Crippen LogP contribution < -0.4 is 18.9 Å². The minimum atomic E-state index is -0.0770. The normalized spacial score (nSPS) is 18.1. The Kier molecular flexibility index (Phi) is 5.31. The van der Waals surface area contributed by atoms with E-state index in [1.54, 1.807) is 0 Å². The van der Waals surface area contributed by atoms with Crippen LogP contribution >= 0.6 is 0 Å². The van der Waals surface area contributed by atoms with Crippen molar-refractivity contribution in [1.82, 2.24) is 0 Å². The van der Waals surface area contributed by atoms with Crippen LogP contribution in [-0.2, 0) is 0 Å². The zero-order valence-corrected chi connectivity index (χ0v) is 17.0. The van der Waals surface area contributed by atoms with Gasteiger partial charge in [0.2, 0.25) is 11.5 Å². The van der Waals surface area contributed by atoms with Crippen molar-refractivity contribution >= 4 is 6.08 Å². The lowest BCUT2D eigenvalue weighted by atomic mass is 9.72. The Bertz CT molecular complexity index is 906. The van der Waals surface area contributed by atoms with Crippen LogP contribution in [-0.4, -0.2) is 38.7 Å². The number of methoxy groups -OCH3 is 4. The first-order valence-corrected chi connectivity index (χ1v) is 8.98. The third-order valence-corrected chi connectivity index (χ3v) is 5.50. The molecule has 3 rings (SSSR count). The summed E-state index contributed by atoms with van der Waals surface area (Å²) in [5.41, 5.74) is 3.83. The Morgan fingerprint density at radius 1 is 0.786 bits per heavy atom. The molecule has 0 amide bonds. The van der Waals surface area contributed by atoms with E-state index in [1.807, 2.05) is 24.3 Å². The molecule has 2 N–H and O–H groups in total. The number of allylic oxidation sites excluding steroid dienone is 1. The summed E-state index contributed by atoms with van der Waals surface area (Å²) < 4.78 is 21.6. The van der Waals surface area contributed by atoms with E-state index >= 15 is 0 Å². The molecule has 0 fully saturated rings. The van der Waals surface area contributed by atoms with Crippen molar-refractivity contribution < 1.29 is 29.2 Å². The molecule has 0 aromatic heterocycles. The Morgan fingerprint density at radius 3 is 1.82 bits per heavy atom. The van der Waals surface area contributed by atoms with Gasteiger partial charge in [-0.25, -0.2) is 0 Å². The summed E-state index contributed by atoms with van der Waals surface area (Å²) in [4.78, 5) is 0. The monoisotopic (exact) mass is 386 g/mol. The molecule has 6 heteroatoms. The van der Waals surface area contributed by atoms with Crippen molar-refractivity contribution in [1.29, 1.82) is 0 Å². The summed E-state index contributed by atoms with van der Waals surface area (Å²) in [6.45, 7) is 4.19. The van der Waals surface area contributed by atoms with Crippen LogP contribution in [0.1, 0.15) is 36.5 Å². The van der Waals surface area contributed by atoms with Gasteiger partial charge in [0.15, 0.2) is 23.0 Å². The highest BCUT2D eigenvalue weighted by atomic mass is 16.5. The van der Waals surface area contributed by atoms with Crippen molar-refractivity contribution in [2.75, 3.05) is 28.4 Å². The predicted octanol–water partition coefficient (Wildman–Crippen LogP) is 4.32. The molecule has 0 saturated heterocycles. The number of aromatic hydroxyl groups is 2. The van der Waals surface area contributed by atoms with Crippen molar-refractivity contribution in [3.8, 4) is 34.5 Å². The highest BCUT2D eigenvalue weighted by molar-refractivity contribution is 5.74. The lowest BCUT2D eigenvalue weighted by Crippen LogP contribution is -2.18. The fraction of sp³-hybridized carbons (Fsp3) is 0.364. The third kappa shape index (κ3) is 2.99. The smallest absolute Gasteiger partial charge is 0.201 e. The van der Waals surface area contributed by atoms with E-state index < -0.39 is 0 Å². The fourth-order valence-corrected chi connectivity index (χ4v) is 3.88. The molecular weight excluding hydrogens is 360 g/mol. The summed E-state index contributed by atoms with van der Waals surface area (Å²) in [5, 5.41) is 20.8. The second-order valence-corrected chi connectivity index (χ2v) is 6.89. The lowest BCUT2D eigenvalue weighted by Gasteiger charge is -2.33. The van der Waals surface area contributed by atoms with Gasteiger partial charge in [0.1, 0.15) is 0 Å². The number of ether oxygens (including phenoxy) is 4. The minimum absolute atomic E-state index is 0.0260. The van der Waals surface area contributed by atoms with Crippen molar-refractivity contribution in [2.45, 2.75) is 19.8 Å². The van der Waals surface area contributed by atoms with Crippen LogP contribution in [0.3, 0.4) is 0 Å². The van der Waals surface area contributed by atoms with E-state index in [4.69, 9.17) is 18.9 Å². The molecule has 6 nitrogen and oxygen atoms in total. The number of benzene rings is 2. The van der Waals surface area contributed by atoms with Gasteiger partial charge in [0.05, 0.1) is 28.4 Å². The SMILES string of the molecule is COc1cc([C@@H]2c3cc(OC)c(O)c(OC)c3C=C(C)[C@H]2C)cc(OC)c1O. The van der Waals surface area contributed by atoms with Gasteiger partial charge >= 0.3 is 0 Å². The molecule has 0 bridgehead atoms. The number of fused-ring (bicyclic) bond motifs is 1. The van der Waals surface area contributed by atoms with Crippen LogP contribution in [0.2, 0.25) is 0 Å². The molecule has 1 aliphatic rings. The number of phenols is 2. The molecule has 0 heterocycles. The lowest BCUT2D eigenvalue weighted by molar-refractivity contribution is 0.336. The Labute approximate surface area is 164 Å². The summed E-state index contributed by atoms with van der Waals surface area (Å²) in [5.74, 6) is 1.42. The van der Waals surface area contributed by atoms with E-state index in [0.717, 1.165) is 22.3 Å². The quantitative estimate of drug-likeness (QED) is 0.797. The van der Waals surface area contributed by atoms with Crippen LogP contribution in [0.15, 0.2) is 23.8 Å². The second-order valence-electron chi connectivity index (χ2n) is 6.89. The van der Waals surface area contributed by atoms with Gasteiger partial charge in [-0.2, -0.15) is 0 Å². The van der Waals surface area contributed by atoms with Crippen molar-refractivity contribution in [2.24, 2.45) is 5.92 Å². The maximum Gasteiger partial charge on any atom is 0.201 e. The van der Waals surface area contributed by atoms with Gasteiger partial charge in [-0.1, -0.05) is 18.6 Å². The fourth-order valence-electron chi connectivity index (χ4n) is 3.88. The number of hydrogen-bond donors (Lipinski definition) is 2. The molecule has 150 valence electrons. The Morgan fingerprint density at radius 2 is 1.32 bits per heavy atom. The second kappa shape index (κ2) is 7.54. The molecule has 0 radical (unpaired) electrons. The molecule has 1 aliphatic carbocycles. The number of rotatable bonds is 5. The van der Waals surface area contributed by atoms with Crippen LogP contribution in [0.5, 0.6) is 34.5 Å². The van der Waals surface area contributed by atoms with Gasteiger partial charge < -0.3 is 29.2 Å². The molecule has 2 atom stereocenters. The number of hydrogen-bond acceptors (Lipinski definition) is 6. The topological polar surface area (TPSA) is 77.4 Å². The summed E-state index contributed by atoms with van der Waals surface area (Å²) >= 11 is 0. The molecule has 2 aromatic rings. The zero-order chi connectivity index (χ0) is 20.6. The van der Waals surface area contributed by atoms with Gasteiger partial charge in [-0.05, 0) is 42.2 Å². The molecule has 0 unspecified atom stereocenters. The zero-order valence-electron chi connectivity index (χ0n) is 17.0.